The maximum Gasteiger partial charge on any atom is 0.0550 e. The molecule has 1 aliphatic heterocycles. The Balaban J connectivity index is 0.000000660. The fourth-order valence-electron chi connectivity index (χ4n) is 4.28. The summed E-state index contributed by atoms with van der Waals surface area (Å²) in [5, 5.41) is 3.73. The topological polar surface area (TPSA) is 15.3 Å². The van der Waals surface area contributed by atoms with Crippen LogP contribution in [0.4, 0.5) is 5.69 Å². The maximum absolute atomic E-state index is 3.73. The van der Waals surface area contributed by atoms with E-state index in [2.05, 4.69) is 53.6 Å². The number of anilines is 1. The van der Waals surface area contributed by atoms with Crippen LogP contribution in [0.3, 0.4) is 0 Å². The molecule has 0 bridgehead atoms. The molecule has 1 fully saturated rings. The molecule has 28 heavy (non-hydrogen) atoms. The molecule has 0 saturated heterocycles. The van der Waals surface area contributed by atoms with Gasteiger partial charge >= 0.3 is 0 Å². The van der Waals surface area contributed by atoms with Crippen molar-refractivity contribution in [2.24, 2.45) is 11.8 Å². The van der Waals surface area contributed by atoms with Gasteiger partial charge in [-0.1, -0.05) is 77.1 Å². The van der Waals surface area contributed by atoms with Crippen molar-refractivity contribution in [3.63, 3.8) is 0 Å². The fourth-order valence-corrected chi connectivity index (χ4v) is 5.44. The summed E-state index contributed by atoms with van der Waals surface area (Å²) < 4.78 is 0. The maximum atomic E-state index is 3.73. The third kappa shape index (κ3) is 5.90. The zero-order valence-electron chi connectivity index (χ0n) is 18.6. The number of hydrogen-bond donors (Lipinski definition) is 1. The monoisotopic (exact) mass is 400 g/mol. The van der Waals surface area contributed by atoms with E-state index in [1.807, 2.05) is 39.5 Å². The lowest BCUT2D eigenvalue weighted by Gasteiger charge is -2.36. The lowest BCUT2D eigenvalue weighted by Crippen LogP contribution is -2.35. The van der Waals surface area contributed by atoms with Crippen LogP contribution in [0.2, 0.25) is 0 Å². The van der Waals surface area contributed by atoms with Crippen LogP contribution in [0.5, 0.6) is 0 Å². The molecule has 2 nitrogen and oxygen atoms in total. The summed E-state index contributed by atoms with van der Waals surface area (Å²) >= 11 is 1.94. The van der Waals surface area contributed by atoms with Gasteiger partial charge in [0.1, 0.15) is 0 Å². The number of fused-ring (bicyclic) bond motifs is 1. The van der Waals surface area contributed by atoms with Gasteiger partial charge in [-0.15, -0.1) is 0 Å². The van der Waals surface area contributed by atoms with Crippen LogP contribution >= 0.6 is 11.8 Å². The third-order valence-corrected chi connectivity index (χ3v) is 6.71. The summed E-state index contributed by atoms with van der Waals surface area (Å²) in [7, 11) is 0. The van der Waals surface area contributed by atoms with E-state index in [1.54, 1.807) is 0 Å². The SMILES string of the molecule is CC.CC.CC1CCC(CNCCN2C3=C(C=CCC3)Sc3ccccc32)C1. The van der Waals surface area contributed by atoms with Crippen LogP contribution in [0, 0.1) is 11.8 Å². The molecular formula is C25H40N2S. The molecule has 156 valence electrons. The van der Waals surface area contributed by atoms with Gasteiger partial charge in [0.05, 0.1) is 5.69 Å². The lowest BCUT2D eigenvalue weighted by atomic mass is 10.1. The lowest BCUT2D eigenvalue weighted by molar-refractivity contribution is 0.473. The summed E-state index contributed by atoms with van der Waals surface area (Å²) in [5.74, 6) is 1.83. The summed E-state index contributed by atoms with van der Waals surface area (Å²) in [6.45, 7) is 13.7. The highest BCUT2D eigenvalue weighted by molar-refractivity contribution is 8.03. The minimum Gasteiger partial charge on any atom is -0.342 e. The molecule has 0 radical (unpaired) electrons. The summed E-state index contributed by atoms with van der Waals surface area (Å²) in [6, 6.07) is 8.86. The minimum absolute atomic E-state index is 0.900. The predicted molar refractivity (Wildman–Crippen MR) is 127 cm³/mol. The molecule has 1 heterocycles. The zero-order chi connectivity index (χ0) is 20.4. The third-order valence-electron chi connectivity index (χ3n) is 5.55. The van der Waals surface area contributed by atoms with Crippen molar-refractivity contribution in [2.45, 2.75) is 71.6 Å². The molecule has 1 aromatic carbocycles. The van der Waals surface area contributed by atoms with E-state index >= 15 is 0 Å². The first-order valence-corrected chi connectivity index (χ1v) is 12.3. The highest BCUT2D eigenvalue weighted by Crippen LogP contribution is 2.46. The molecule has 1 saturated carbocycles. The van der Waals surface area contributed by atoms with Gasteiger partial charge in [-0.3, -0.25) is 0 Å². The molecule has 2 aliphatic carbocycles. The number of nitrogens with one attached hydrogen (secondary N) is 1. The number of nitrogens with zero attached hydrogens (tertiary/aromatic N) is 1. The van der Waals surface area contributed by atoms with Crippen molar-refractivity contribution < 1.29 is 0 Å². The molecule has 1 aromatic rings. The average Bonchev–Trinajstić information content (AvgIpc) is 3.18. The number of benzene rings is 1. The summed E-state index contributed by atoms with van der Waals surface area (Å²) in [5.41, 5.74) is 2.92. The Bertz CT molecular complexity index is 650. The second-order valence-electron chi connectivity index (χ2n) is 7.46. The Morgan fingerprint density at radius 2 is 1.89 bits per heavy atom. The molecular weight excluding hydrogens is 360 g/mol. The van der Waals surface area contributed by atoms with Crippen molar-refractivity contribution in [3.8, 4) is 0 Å². The van der Waals surface area contributed by atoms with Crippen molar-refractivity contribution in [1.29, 1.82) is 0 Å². The van der Waals surface area contributed by atoms with Crippen molar-refractivity contribution in [1.82, 2.24) is 5.32 Å². The van der Waals surface area contributed by atoms with Crippen LogP contribution in [0.1, 0.15) is 66.7 Å². The van der Waals surface area contributed by atoms with Gasteiger partial charge in [0.2, 0.25) is 0 Å². The second kappa shape index (κ2) is 12.4. The molecule has 3 heteroatoms. The van der Waals surface area contributed by atoms with Crippen LogP contribution < -0.4 is 10.2 Å². The minimum atomic E-state index is 0.900. The van der Waals surface area contributed by atoms with E-state index in [4.69, 9.17) is 0 Å². The van der Waals surface area contributed by atoms with E-state index in [9.17, 15) is 0 Å². The van der Waals surface area contributed by atoms with E-state index in [0.717, 1.165) is 24.9 Å². The molecule has 0 amide bonds. The Morgan fingerprint density at radius 3 is 2.64 bits per heavy atom. The fraction of sp³-hybridized carbons (Fsp3) is 0.600. The molecule has 2 unspecified atom stereocenters. The first kappa shape index (κ1) is 23.1. The van der Waals surface area contributed by atoms with Crippen LogP contribution in [-0.2, 0) is 0 Å². The molecule has 0 aromatic heterocycles. The Morgan fingerprint density at radius 1 is 1.11 bits per heavy atom. The second-order valence-corrected chi connectivity index (χ2v) is 8.55. The average molecular weight is 401 g/mol. The molecule has 2 atom stereocenters. The highest BCUT2D eigenvalue weighted by Gasteiger charge is 2.25. The standard InChI is InChI=1S/C21H28N2S.2C2H6/c1-16-10-11-17(14-16)15-22-12-13-23-18-6-2-4-8-20(18)24-21-9-5-3-7-19(21)23;2*1-2/h2,4-6,8-9,16-17,22H,3,7,10-15H2,1H3;2*1-2H3. The van der Waals surface area contributed by atoms with Crippen molar-refractivity contribution >= 4 is 17.4 Å². The first-order chi connectivity index (χ1) is 13.8. The summed E-state index contributed by atoms with van der Waals surface area (Å²) in [6.07, 6.45) is 11.2. The number of para-hydroxylation sites is 1. The van der Waals surface area contributed by atoms with Gasteiger partial charge < -0.3 is 10.2 Å². The molecule has 1 N–H and O–H groups in total. The summed E-state index contributed by atoms with van der Waals surface area (Å²) in [4.78, 5) is 5.41. The van der Waals surface area contributed by atoms with Gasteiger partial charge in [-0.2, -0.15) is 0 Å². The first-order valence-electron chi connectivity index (χ1n) is 11.5. The number of hydrogen-bond acceptors (Lipinski definition) is 3. The quantitative estimate of drug-likeness (QED) is 0.524. The highest BCUT2D eigenvalue weighted by atomic mass is 32.2. The molecule has 4 rings (SSSR count). The van der Waals surface area contributed by atoms with Crippen LogP contribution in [0.15, 0.2) is 51.9 Å². The van der Waals surface area contributed by atoms with E-state index in [-0.39, 0.29) is 0 Å². The van der Waals surface area contributed by atoms with Crippen LogP contribution in [0.25, 0.3) is 0 Å². The number of allylic oxidation sites excluding steroid dienone is 3. The predicted octanol–water partition coefficient (Wildman–Crippen LogP) is 7.24. The van der Waals surface area contributed by atoms with Gasteiger partial charge in [0, 0.05) is 28.6 Å². The molecule has 0 spiro atoms. The Kier molecular flexibility index (Phi) is 10.2. The van der Waals surface area contributed by atoms with Gasteiger partial charge in [-0.05, 0) is 56.2 Å². The molecule has 3 aliphatic rings. The van der Waals surface area contributed by atoms with Gasteiger partial charge in [0.15, 0.2) is 0 Å². The zero-order valence-corrected chi connectivity index (χ0v) is 19.4. The number of thioether (sulfide) groups is 1. The number of rotatable bonds is 5. The largest absolute Gasteiger partial charge is 0.342 e. The Labute approximate surface area is 177 Å². The van der Waals surface area contributed by atoms with Crippen molar-refractivity contribution in [2.75, 3.05) is 24.5 Å². The van der Waals surface area contributed by atoms with Gasteiger partial charge in [0.25, 0.3) is 0 Å². The smallest absolute Gasteiger partial charge is 0.0550 e. The van der Waals surface area contributed by atoms with E-state index in [1.165, 1.54) is 59.8 Å². The normalized spacial score (nSPS) is 22.5. The van der Waals surface area contributed by atoms with E-state index < -0.39 is 0 Å². The van der Waals surface area contributed by atoms with E-state index in [0.29, 0.717) is 0 Å². The van der Waals surface area contributed by atoms with Crippen LogP contribution in [-0.4, -0.2) is 19.6 Å². The Hall–Kier alpha value is -1.19. The van der Waals surface area contributed by atoms with Crippen molar-refractivity contribution in [3.05, 3.63) is 47.0 Å². The van der Waals surface area contributed by atoms with Gasteiger partial charge in [-0.25, -0.2) is 0 Å².